The van der Waals surface area contributed by atoms with E-state index in [1.54, 1.807) is 6.07 Å². The molecular formula is C17H28FN3. The molecule has 4 heteroatoms. The summed E-state index contributed by atoms with van der Waals surface area (Å²) in [5, 5.41) is 3.31. The van der Waals surface area contributed by atoms with E-state index in [2.05, 4.69) is 36.1 Å². The van der Waals surface area contributed by atoms with Gasteiger partial charge in [0.05, 0.1) is 5.69 Å². The second-order valence-electron chi connectivity index (χ2n) is 6.22. The lowest BCUT2D eigenvalue weighted by atomic mass is 9.95. The molecule has 1 heterocycles. The molecule has 0 aromatic heterocycles. The number of benzene rings is 1. The molecule has 1 aromatic rings. The summed E-state index contributed by atoms with van der Waals surface area (Å²) in [4.78, 5) is 4.48. The van der Waals surface area contributed by atoms with Gasteiger partial charge in [-0.2, -0.15) is 0 Å². The van der Waals surface area contributed by atoms with Crippen molar-refractivity contribution in [3.63, 3.8) is 0 Å². The summed E-state index contributed by atoms with van der Waals surface area (Å²) in [5.41, 5.74) is 1.88. The molecular weight excluding hydrogens is 265 g/mol. The number of piperidine rings is 1. The number of rotatable bonds is 6. The lowest BCUT2D eigenvalue weighted by Crippen LogP contribution is -2.38. The Morgan fingerprint density at radius 1 is 1.29 bits per heavy atom. The van der Waals surface area contributed by atoms with E-state index in [1.165, 1.54) is 0 Å². The number of nitrogens with zero attached hydrogens (tertiary/aromatic N) is 2. The number of hydrogen-bond donors (Lipinski definition) is 1. The summed E-state index contributed by atoms with van der Waals surface area (Å²) in [5.74, 6) is 0.650. The summed E-state index contributed by atoms with van der Waals surface area (Å²) in [6.45, 7) is 6.76. The largest absolute Gasteiger partial charge is 0.369 e. The highest BCUT2D eigenvalue weighted by atomic mass is 19.1. The molecule has 0 amide bonds. The zero-order valence-corrected chi connectivity index (χ0v) is 13.5. The third-order valence-electron chi connectivity index (χ3n) is 4.19. The maximum atomic E-state index is 14.3. The van der Waals surface area contributed by atoms with E-state index >= 15 is 0 Å². The van der Waals surface area contributed by atoms with Gasteiger partial charge in [-0.3, -0.25) is 0 Å². The zero-order chi connectivity index (χ0) is 15.2. The molecule has 0 bridgehead atoms. The molecule has 3 nitrogen and oxygen atoms in total. The molecule has 1 N–H and O–H groups in total. The first kappa shape index (κ1) is 16.2. The molecule has 1 saturated heterocycles. The number of hydrogen-bond acceptors (Lipinski definition) is 3. The van der Waals surface area contributed by atoms with Crippen LogP contribution in [0.2, 0.25) is 0 Å². The first-order valence-corrected chi connectivity index (χ1v) is 7.99. The van der Waals surface area contributed by atoms with Crippen molar-refractivity contribution >= 4 is 5.69 Å². The number of halogens is 1. The van der Waals surface area contributed by atoms with Crippen LogP contribution in [0.15, 0.2) is 18.2 Å². The minimum atomic E-state index is -0.0866. The highest BCUT2D eigenvalue weighted by Crippen LogP contribution is 2.29. The van der Waals surface area contributed by atoms with Gasteiger partial charge in [-0.1, -0.05) is 19.1 Å². The summed E-state index contributed by atoms with van der Waals surface area (Å²) in [7, 11) is 4.25. The second kappa shape index (κ2) is 7.76. The van der Waals surface area contributed by atoms with Gasteiger partial charge in [0.2, 0.25) is 0 Å². The van der Waals surface area contributed by atoms with E-state index in [4.69, 9.17) is 0 Å². The standard InChI is InChI=1S/C17H28FN3/c1-4-19-12-15-6-5-7-16(18)17(15)21-10-8-14(9-11-21)13-20(2)3/h5-7,14,19H,4,8-13H2,1-3H3. The predicted molar refractivity (Wildman–Crippen MR) is 87.3 cm³/mol. The van der Waals surface area contributed by atoms with Gasteiger partial charge in [0.1, 0.15) is 5.82 Å². The fourth-order valence-electron chi connectivity index (χ4n) is 3.17. The molecule has 0 atom stereocenters. The quantitative estimate of drug-likeness (QED) is 0.870. The van der Waals surface area contributed by atoms with E-state index in [0.717, 1.165) is 62.7 Å². The van der Waals surface area contributed by atoms with E-state index in [0.29, 0.717) is 0 Å². The summed E-state index contributed by atoms with van der Waals surface area (Å²) < 4.78 is 14.3. The molecule has 0 saturated carbocycles. The lowest BCUT2D eigenvalue weighted by Gasteiger charge is -2.36. The van der Waals surface area contributed by atoms with Crippen molar-refractivity contribution in [2.24, 2.45) is 5.92 Å². The van der Waals surface area contributed by atoms with Crippen molar-refractivity contribution in [1.82, 2.24) is 10.2 Å². The van der Waals surface area contributed by atoms with E-state index in [1.807, 2.05) is 12.1 Å². The van der Waals surface area contributed by atoms with Gasteiger partial charge in [0, 0.05) is 26.2 Å². The molecule has 0 spiro atoms. The van der Waals surface area contributed by atoms with Gasteiger partial charge in [0.15, 0.2) is 0 Å². The smallest absolute Gasteiger partial charge is 0.146 e. The van der Waals surface area contributed by atoms with Crippen LogP contribution < -0.4 is 10.2 Å². The van der Waals surface area contributed by atoms with Crippen LogP contribution in [0.25, 0.3) is 0 Å². The third-order valence-corrected chi connectivity index (χ3v) is 4.19. The molecule has 1 aliphatic rings. The Hall–Kier alpha value is -1.13. The molecule has 0 aliphatic carbocycles. The Balaban J connectivity index is 2.05. The fourth-order valence-corrected chi connectivity index (χ4v) is 3.17. The normalized spacial score (nSPS) is 16.7. The second-order valence-corrected chi connectivity index (χ2v) is 6.22. The predicted octanol–water partition coefficient (Wildman–Crippen LogP) is 2.71. The van der Waals surface area contributed by atoms with Crippen LogP contribution in [0.4, 0.5) is 10.1 Å². The van der Waals surface area contributed by atoms with E-state index in [9.17, 15) is 4.39 Å². The summed E-state index contributed by atoms with van der Waals surface area (Å²) in [6, 6.07) is 5.42. The average molecular weight is 293 g/mol. The Bertz CT molecular complexity index is 440. The van der Waals surface area contributed by atoms with Gasteiger partial charge in [-0.15, -0.1) is 0 Å². The first-order valence-electron chi connectivity index (χ1n) is 7.99. The van der Waals surface area contributed by atoms with Crippen LogP contribution in [0.1, 0.15) is 25.3 Å². The fraction of sp³-hybridized carbons (Fsp3) is 0.647. The van der Waals surface area contributed by atoms with E-state index in [-0.39, 0.29) is 5.82 Å². The molecule has 1 aliphatic heterocycles. The molecule has 21 heavy (non-hydrogen) atoms. The third kappa shape index (κ3) is 4.42. The minimum Gasteiger partial charge on any atom is -0.369 e. The van der Waals surface area contributed by atoms with Crippen LogP contribution >= 0.6 is 0 Å². The van der Waals surface area contributed by atoms with E-state index < -0.39 is 0 Å². The van der Waals surface area contributed by atoms with Gasteiger partial charge in [-0.05, 0) is 51.0 Å². The maximum Gasteiger partial charge on any atom is 0.146 e. The summed E-state index contributed by atoms with van der Waals surface area (Å²) in [6.07, 6.45) is 2.29. The Morgan fingerprint density at radius 3 is 2.62 bits per heavy atom. The Kier molecular flexibility index (Phi) is 6.00. The van der Waals surface area contributed by atoms with Gasteiger partial charge in [0.25, 0.3) is 0 Å². The topological polar surface area (TPSA) is 18.5 Å². The van der Waals surface area contributed by atoms with Crippen LogP contribution in [0, 0.1) is 11.7 Å². The number of para-hydroxylation sites is 1. The number of anilines is 1. The van der Waals surface area contributed by atoms with Crippen LogP contribution in [0.3, 0.4) is 0 Å². The zero-order valence-electron chi connectivity index (χ0n) is 13.5. The van der Waals surface area contributed by atoms with Crippen molar-refractivity contribution in [1.29, 1.82) is 0 Å². The lowest BCUT2D eigenvalue weighted by molar-refractivity contribution is 0.284. The van der Waals surface area contributed by atoms with Gasteiger partial charge < -0.3 is 15.1 Å². The highest BCUT2D eigenvalue weighted by Gasteiger charge is 2.23. The van der Waals surface area contributed by atoms with Crippen molar-refractivity contribution in [2.75, 3.05) is 45.2 Å². The highest BCUT2D eigenvalue weighted by molar-refractivity contribution is 5.55. The van der Waals surface area contributed by atoms with Gasteiger partial charge >= 0.3 is 0 Å². The molecule has 1 aromatic carbocycles. The first-order chi connectivity index (χ1) is 10.1. The molecule has 118 valence electrons. The minimum absolute atomic E-state index is 0.0866. The monoisotopic (exact) mass is 293 g/mol. The summed E-state index contributed by atoms with van der Waals surface area (Å²) >= 11 is 0. The van der Waals surface area contributed by atoms with Crippen LogP contribution in [-0.2, 0) is 6.54 Å². The molecule has 0 radical (unpaired) electrons. The van der Waals surface area contributed by atoms with Gasteiger partial charge in [-0.25, -0.2) is 4.39 Å². The van der Waals surface area contributed by atoms with Crippen LogP contribution in [0.5, 0.6) is 0 Å². The SMILES string of the molecule is CCNCc1cccc(F)c1N1CCC(CN(C)C)CC1. The van der Waals surface area contributed by atoms with Crippen LogP contribution in [-0.4, -0.2) is 45.2 Å². The maximum absolute atomic E-state index is 14.3. The molecule has 1 fully saturated rings. The molecule has 2 rings (SSSR count). The van der Waals surface area contributed by atoms with Crippen molar-refractivity contribution in [2.45, 2.75) is 26.3 Å². The average Bonchev–Trinajstić information content (AvgIpc) is 2.46. The Morgan fingerprint density at radius 2 is 2.00 bits per heavy atom. The molecule has 0 unspecified atom stereocenters. The van der Waals surface area contributed by atoms with Crippen molar-refractivity contribution in [3.05, 3.63) is 29.6 Å². The number of nitrogens with one attached hydrogen (secondary N) is 1. The Labute approximate surface area is 128 Å². The van der Waals surface area contributed by atoms with Crippen molar-refractivity contribution in [3.8, 4) is 0 Å². The van der Waals surface area contributed by atoms with Crippen molar-refractivity contribution < 1.29 is 4.39 Å².